The Morgan fingerprint density at radius 3 is 2.71 bits per heavy atom. The maximum Gasteiger partial charge on any atom is 0.253 e. The van der Waals surface area contributed by atoms with Gasteiger partial charge in [0.2, 0.25) is 0 Å². The van der Waals surface area contributed by atoms with Crippen LogP contribution in [0.1, 0.15) is 28.0 Å². The number of H-pyrrole nitrogens is 1. The van der Waals surface area contributed by atoms with E-state index in [0.29, 0.717) is 6.54 Å². The molecule has 0 radical (unpaired) electrons. The zero-order valence-corrected chi connectivity index (χ0v) is 20.1. The number of amides is 1. The van der Waals surface area contributed by atoms with Gasteiger partial charge in [0.05, 0.1) is 16.1 Å². The minimum atomic E-state index is 0.0973. The van der Waals surface area contributed by atoms with E-state index in [4.69, 9.17) is 10.1 Å². The van der Waals surface area contributed by atoms with E-state index >= 15 is 0 Å². The highest BCUT2D eigenvalue weighted by atomic mass is 32.1. The summed E-state index contributed by atoms with van der Waals surface area (Å²) in [5.74, 6) is 0.0973. The minimum Gasteiger partial charge on any atom is -0.361 e. The van der Waals surface area contributed by atoms with Gasteiger partial charge in [-0.25, -0.2) is 4.68 Å². The number of hydrogen-bond acceptors (Lipinski definition) is 5. The number of hydrogen-bond donors (Lipinski definition) is 1. The average molecular weight is 471 g/mol. The summed E-state index contributed by atoms with van der Waals surface area (Å²) in [7, 11) is 0. The molecule has 0 unspecified atom stereocenters. The van der Waals surface area contributed by atoms with Gasteiger partial charge in [-0.15, -0.1) is 0 Å². The van der Waals surface area contributed by atoms with E-state index in [1.165, 1.54) is 5.56 Å². The number of aromatic amines is 1. The van der Waals surface area contributed by atoms with Crippen molar-refractivity contribution in [3.63, 3.8) is 0 Å². The Balaban J connectivity index is 1.23. The Hall–Kier alpha value is -3.65. The lowest BCUT2D eigenvalue weighted by Crippen LogP contribution is -2.35. The molecular formula is C26H26N6OS. The van der Waals surface area contributed by atoms with Gasteiger partial charge in [-0.1, -0.05) is 29.0 Å². The maximum atomic E-state index is 13.2. The number of carbonyl (C=O) groups excluding carboxylic acids is 1. The Kier molecular flexibility index (Phi) is 5.10. The first-order valence-corrected chi connectivity index (χ1v) is 12.4. The van der Waals surface area contributed by atoms with Crippen molar-refractivity contribution in [2.75, 3.05) is 31.1 Å². The molecule has 5 aromatic rings. The number of thiazole rings is 1. The van der Waals surface area contributed by atoms with Crippen LogP contribution in [0.5, 0.6) is 0 Å². The van der Waals surface area contributed by atoms with Gasteiger partial charge >= 0.3 is 0 Å². The Bertz CT molecular complexity index is 1500. The number of rotatable bonds is 3. The van der Waals surface area contributed by atoms with Crippen molar-refractivity contribution in [3.05, 3.63) is 71.5 Å². The minimum absolute atomic E-state index is 0.0973. The third-order valence-corrected chi connectivity index (χ3v) is 7.72. The molecule has 3 aromatic heterocycles. The molecule has 0 bridgehead atoms. The first-order valence-electron chi connectivity index (χ1n) is 11.6. The van der Waals surface area contributed by atoms with Crippen LogP contribution in [0.4, 0.5) is 5.13 Å². The van der Waals surface area contributed by atoms with Crippen molar-refractivity contribution in [1.29, 1.82) is 0 Å². The molecule has 6 rings (SSSR count). The summed E-state index contributed by atoms with van der Waals surface area (Å²) in [4.78, 5) is 25.7. The van der Waals surface area contributed by atoms with Crippen LogP contribution in [-0.4, -0.2) is 56.7 Å². The van der Waals surface area contributed by atoms with Gasteiger partial charge < -0.3 is 14.8 Å². The predicted octanol–water partition coefficient (Wildman–Crippen LogP) is 4.93. The van der Waals surface area contributed by atoms with Crippen LogP contribution >= 0.6 is 11.3 Å². The molecule has 1 fully saturated rings. The predicted molar refractivity (Wildman–Crippen MR) is 137 cm³/mol. The first-order chi connectivity index (χ1) is 16.6. The van der Waals surface area contributed by atoms with E-state index in [0.717, 1.165) is 69.4 Å². The summed E-state index contributed by atoms with van der Waals surface area (Å²) in [5, 5.41) is 6.80. The van der Waals surface area contributed by atoms with Gasteiger partial charge in [0.1, 0.15) is 0 Å². The van der Waals surface area contributed by atoms with Gasteiger partial charge in [-0.05, 0) is 56.7 Å². The van der Waals surface area contributed by atoms with E-state index in [2.05, 4.69) is 41.1 Å². The third kappa shape index (κ3) is 3.64. The summed E-state index contributed by atoms with van der Waals surface area (Å²) in [6, 6.07) is 16.2. The molecule has 172 valence electrons. The second-order valence-corrected chi connectivity index (χ2v) is 9.87. The molecule has 2 aromatic carbocycles. The van der Waals surface area contributed by atoms with Crippen molar-refractivity contribution in [1.82, 2.24) is 24.6 Å². The van der Waals surface area contributed by atoms with E-state index in [1.54, 1.807) is 11.3 Å². The lowest BCUT2D eigenvalue weighted by Gasteiger charge is -2.22. The average Bonchev–Trinajstić information content (AvgIpc) is 3.51. The molecular weight excluding hydrogens is 444 g/mol. The van der Waals surface area contributed by atoms with E-state index in [1.807, 2.05) is 47.0 Å². The zero-order chi connectivity index (χ0) is 23.2. The van der Waals surface area contributed by atoms with Crippen LogP contribution in [0.15, 0.2) is 54.7 Å². The molecule has 0 atom stereocenters. The highest BCUT2D eigenvalue weighted by Crippen LogP contribution is 2.33. The smallest absolute Gasteiger partial charge is 0.253 e. The fourth-order valence-electron chi connectivity index (χ4n) is 4.61. The second kappa shape index (κ2) is 8.29. The van der Waals surface area contributed by atoms with Gasteiger partial charge in [-0.2, -0.15) is 10.1 Å². The van der Waals surface area contributed by atoms with Gasteiger partial charge in [0.15, 0.2) is 10.8 Å². The Morgan fingerprint density at radius 2 is 1.85 bits per heavy atom. The number of fused-ring (bicyclic) bond motifs is 2. The maximum absolute atomic E-state index is 13.2. The van der Waals surface area contributed by atoms with Crippen molar-refractivity contribution < 1.29 is 4.79 Å². The molecule has 8 heteroatoms. The molecule has 4 heterocycles. The third-order valence-electron chi connectivity index (χ3n) is 6.51. The van der Waals surface area contributed by atoms with Crippen LogP contribution in [0.2, 0.25) is 0 Å². The molecule has 0 spiro atoms. The van der Waals surface area contributed by atoms with Crippen molar-refractivity contribution in [2.45, 2.75) is 20.3 Å². The zero-order valence-electron chi connectivity index (χ0n) is 19.3. The number of nitrogens with zero attached hydrogens (tertiary/aromatic N) is 5. The standard InChI is InChI=1S/C26H26N6OS/c1-17-4-7-21(8-5-17)32-24-23(18(2)29-32)34-26(28-24)31-13-3-12-30(14-15-31)25(33)20-6-9-22-19(16-20)10-11-27-22/h4-11,16,27H,3,12-15H2,1-2H3. The molecule has 1 amide bonds. The number of aryl methyl sites for hydroxylation is 2. The van der Waals surface area contributed by atoms with E-state index in [-0.39, 0.29) is 5.91 Å². The summed E-state index contributed by atoms with van der Waals surface area (Å²) < 4.78 is 3.06. The normalized spacial score (nSPS) is 14.8. The molecule has 0 saturated carbocycles. The fraction of sp³-hybridized carbons (Fsp3) is 0.269. The lowest BCUT2D eigenvalue weighted by atomic mass is 10.1. The van der Waals surface area contributed by atoms with Crippen molar-refractivity contribution in [2.24, 2.45) is 0 Å². The highest BCUT2D eigenvalue weighted by molar-refractivity contribution is 7.22. The number of nitrogens with one attached hydrogen (secondary N) is 1. The van der Waals surface area contributed by atoms with Crippen LogP contribution in [0, 0.1) is 13.8 Å². The molecule has 34 heavy (non-hydrogen) atoms. The first kappa shape index (κ1) is 20.9. The van der Waals surface area contributed by atoms with Crippen LogP contribution in [0.3, 0.4) is 0 Å². The van der Waals surface area contributed by atoms with Crippen LogP contribution < -0.4 is 4.90 Å². The topological polar surface area (TPSA) is 70.1 Å². The molecule has 1 saturated heterocycles. The second-order valence-electron chi connectivity index (χ2n) is 8.89. The summed E-state index contributed by atoms with van der Waals surface area (Å²) >= 11 is 1.69. The largest absolute Gasteiger partial charge is 0.361 e. The Labute approximate surface area is 201 Å². The molecule has 1 aliphatic heterocycles. The number of aromatic nitrogens is 4. The van der Waals surface area contributed by atoms with Crippen molar-refractivity contribution in [3.8, 4) is 5.69 Å². The number of anilines is 1. The molecule has 1 aliphatic rings. The van der Waals surface area contributed by atoms with Gasteiger partial charge in [0.25, 0.3) is 5.91 Å². The lowest BCUT2D eigenvalue weighted by molar-refractivity contribution is 0.0767. The van der Waals surface area contributed by atoms with E-state index < -0.39 is 0 Å². The molecule has 0 aliphatic carbocycles. The van der Waals surface area contributed by atoms with Gasteiger partial charge in [0, 0.05) is 48.8 Å². The van der Waals surface area contributed by atoms with Gasteiger partial charge in [-0.3, -0.25) is 4.79 Å². The van der Waals surface area contributed by atoms with E-state index in [9.17, 15) is 4.79 Å². The Morgan fingerprint density at radius 1 is 1.00 bits per heavy atom. The molecule has 7 nitrogen and oxygen atoms in total. The molecule has 1 N–H and O–H groups in total. The number of carbonyl (C=O) groups is 1. The number of benzene rings is 2. The summed E-state index contributed by atoms with van der Waals surface area (Å²) in [6.07, 6.45) is 2.82. The summed E-state index contributed by atoms with van der Waals surface area (Å²) in [5.41, 5.74) is 5.93. The van der Waals surface area contributed by atoms with Crippen LogP contribution in [-0.2, 0) is 0 Å². The quantitative estimate of drug-likeness (QED) is 0.406. The fourth-order valence-corrected chi connectivity index (χ4v) is 5.64. The van der Waals surface area contributed by atoms with Crippen LogP contribution in [0.25, 0.3) is 26.9 Å². The summed E-state index contributed by atoms with van der Waals surface area (Å²) in [6.45, 7) is 7.21. The van der Waals surface area contributed by atoms with Crippen molar-refractivity contribution >= 4 is 43.6 Å². The highest BCUT2D eigenvalue weighted by Gasteiger charge is 2.24. The SMILES string of the molecule is Cc1ccc(-n2nc(C)c3sc(N4CCCN(C(=O)c5ccc6[nH]ccc6c5)CC4)nc32)cc1. The monoisotopic (exact) mass is 470 g/mol.